The van der Waals surface area contributed by atoms with Gasteiger partial charge < -0.3 is 9.84 Å². The van der Waals surface area contributed by atoms with Crippen molar-refractivity contribution < 1.29 is 19.4 Å². The third-order valence-corrected chi connectivity index (χ3v) is 7.54. The van der Waals surface area contributed by atoms with Gasteiger partial charge >= 0.3 is 17.8 Å². The Morgan fingerprint density at radius 2 is 1.65 bits per heavy atom. The molecule has 0 bridgehead atoms. The SMILES string of the molecule is CC1(C)COC(=O)N1c1ccc(-n2c(=O)n(C3(c4cccc(C(=O)O)c4)CC3)c3ccc(Cl)cc32)cc1. The van der Waals surface area contributed by atoms with E-state index in [1.54, 1.807) is 68.6 Å². The largest absolute Gasteiger partial charge is 0.478 e. The van der Waals surface area contributed by atoms with Crippen LogP contribution < -0.4 is 10.6 Å². The Labute approximate surface area is 217 Å². The number of carbonyl (C=O) groups excluding carboxylic acids is 1. The molecule has 1 N–H and O–H groups in total. The van der Waals surface area contributed by atoms with Gasteiger partial charge in [-0.25, -0.2) is 14.4 Å². The number of fused-ring (bicyclic) bond motifs is 1. The molecule has 0 atom stereocenters. The molecule has 1 aliphatic carbocycles. The standard InChI is InChI=1S/C28H24ClN3O5/c1-27(2)16-37-26(36)31(27)21-9-7-20(8-10-21)30-23-15-19(29)6-11-22(23)32(25(30)35)28(12-13-28)18-5-3-4-17(14-18)24(33)34/h3-11,14-15H,12-13,16H2,1-2H3,(H,33,34). The van der Waals surface area contributed by atoms with E-state index in [-0.39, 0.29) is 11.3 Å². The molecule has 1 aliphatic heterocycles. The average Bonchev–Trinajstić information content (AvgIpc) is 3.55. The van der Waals surface area contributed by atoms with Crippen molar-refractivity contribution in [3.63, 3.8) is 0 Å². The number of aromatic nitrogens is 2. The molecule has 1 saturated heterocycles. The Morgan fingerprint density at radius 3 is 2.27 bits per heavy atom. The number of hydrogen-bond acceptors (Lipinski definition) is 4. The molecule has 1 aromatic heterocycles. The molecule has 2 fully saturated rings. The molecule has 1 amide bonds. The highest BCUT2D eigenvalue weighted by atomic mass is 35.5. The second-order valence-electron chi connectivity index (χ2n) is 10.2. The number of hydrogen-bond donors (Lipinski definition) is 1. The smallest absolute Gasteiger partial charge is 0.414 e. The topological polar surface area (TPSA) is 93.8 Å². The van der Waals surface area contributed by atoms with Crippen molar-refractivity contribution >= 4 is 40.4 Å². The van der Waals surface area contributed by atoms with E-state index in [2.05, 4.69) is 0 Å². The van der Waals surface area contributed by atoms with E-state index in [9.17, 15) is 19.5 Å². The molecule has 8 nitrogen and oxygen atoms in total. The van der Waals surface area contributed by atoms with Crippen molar-refractivity contribution in [2.75, 3.05) is 11.5 Å². The first kappa shape index (κ1) is 23.4. The molecule has 188 valence electrons. The summed E-state index contributed by atoms with van der Waals surface area (Å²) in [6.45, 7) is 4.16. The van der Waals surface area contributed by atoms with Crippen molar-refractivity contribution in [1.82, 2.24) is 9.13 Å². The number of imidazole rings is 1. The number of carboxylic acid groups (broad SMARTS) is 1. The summed E-state index contributed by atoms with van der Waals surface area (Å²) in [4.78, 5) is 39.6. The predicted octanol–water partition coefficient (Wildman–Crippen LogP) is 5.42. The van der Waals surface area contributed by atoms with Gasteiger partial charge in [-0.05, 0) is 86.8 Å². The van der Waals surface area contributed by atoms with Gasteiger partial charge in [-0.3, -0.25) is 14.0 Å². The van der Waals surface area contributed by atoms with Crippen LogP contribution in [0.5, 0.6) is 0 Å². The lowest BCUT2D eigenvalue weighted by Crippen LogP contribution is -2.42. The zero-order valence-corrected chi connectivity index (χ0v) is 21.0. The van der Waals surface area contributed by atoms with Gasteiger partial charge in [-0.1, -0.05) is 23.7 Å². The zero-order chi connectivity index (χ0) is 26.1. The Bertz CT molecular complexity index is 1650. The molecule has 0 unspecified atom stereocenters. The lowest BCUT2D eigenvalue weighted by Gasteiger charge is -2.27. The van der Waals surface area contributed by atoms with Crippen LogP contribution in [-0.2, 0) is 10.3 Å². The van der Waals surface area contributed by atoms with E-state index in [0.29, 0.717) is 46.9 Å². The van der Waals surface area contributed by atoms with Crippen molar-refractivity contribution in [1.29, 1.82) is 0 Å². The molecule has 0 spiro atoms. The predicted molar refractivity (Wildman–Crippen MR) is 140 cm³/mol. The molecular formula is C28H24ClN3O5. The fourth-order valence-electron chi connectivity index (χ4n) is 5.36. The molecule has 0 radical (unpaired) electrons. The van der Waals surface area contributed by atoms with Crippen molar-refractivity contribution in [2.45, 2.75) is 37.8 Å². The molecule has 37 heavy (non-hydrogen) atoms. The van der Waals surface area contributed by atoms with E-state index in [4.69, 9.17) is 16.3 Å². The first-order chi connectivity index (χ1) is 17.6. The number of ether oxygens (including phenoxy) is 1. The van der Waals surface area contributed by atoms with Gasteiger partial charge in [-0.2, -0.15) is 0 Å². The van der Waals surface area contributed by atoms with Gasteiger partial charge in [-0.15, -0.1) is 0 Å². The zero-order valence-electron chi connectivity index (χ0n) is 20.3. The number of rotatable bonds is 5. The van der Waals surface area contributed by atoms with Crippen LogP contribution in [0.25, 0.3) is 16.7 Å². The number of aromatic carboxylic acids is 1. The van der Waals surface area contributed by atoms with E-state index in [1.807, 2.05) is 26.0 Å². The van der Waals surface area contributed by atoms with Crippen LogP contribution in [0.15, 0.2) is 71.5 Å². The van der Waals surface area contributed by atoms with Crippen LogP contribution in [0.2, 0.25) is 5.02 Å². The van der Waals surface area contributed by atoms with E-state index in [1.165, 1.54) is 0 Å². The maximum Gasteiger partial charge on any atom is 0.414 e. The van der Waals surface area contributed by atoms with Gasteiger partial charge in [0.05, 0.1) is 33.4 Å². The Morgan fingerprint density at radius 1 is 0.946 bits per heavy atom. The summed E-state index contributed by atoms with van der Waals surface area (Å²) in [6, 6.07) is 19.3. The number of carbonyl (C=O) groups is 2. The summed E-state index contributed by atoms with van der Waals surface area (Å²) in [6.07, 6.45) is 1.02. The summed E-state index contributed by atoms with van der Waals surface area (Å²) in [5.74, 6) is -1.01. The fraction of sp³-hybridized carbons (Fsp3) is 0.250. The highest BCUT2D eigenvalue weighted by molar-refractivity contribution is 6.31. The first-order valence-corrected chi connectivity index (χ1v) is 12.3. The molecule has 2 aliphatic rings. The van der Waals surface area contributed by atoms with Crippen LogP contribution in [-0.4, -0.2) is 38.4 Å². The third-order valence-electron chi connectivity index (χ3n) is 7.30. The fourth-order valence-corrected chi connectivity index (χ4v) is 5.52. The number of halogens is 1. The van der Waals surface area contributed by atoms with Crippen LogP contribution >= 0.6 is 11.6 Å². The molecule has 3 aromatic carbocycles. The highest BCUT2D eigenvalue weighted by Gasteiger charge is 2.49. The van der Waals surface area contributed by atoms with E-state index < -0.39 is 23.1 Å². The molecule has 1 saturated carbocycles. The van der Waals surface area contributed by atoms with Crippen LogP contribution in [0, 0.1) is 0 Å². The number of benzene rings is 3. The minimum Gasteiger partial charge on any atom is -0.478 e. The van der Waals surface area contributed by atoms with Crippen LogP contribution in [0.4, 0.5) is 10.5 Å². The number of cyclic esters (lactones) is 1. The average molecular weight is 518 g/mol. The Kier molecular flexibility index (Phi) is 5.04. The monoisotopic (exact) mass is 517 g/mol. The minimum atomic E-state index is -1.01. The maximum absolute atomic E-state index is 14.1. The van der Waals surface area contributed by atoms with Crippen molar-refractivity contribution in [3.05, 3.63) is 93.4 Å². The van der Waals surface area contributed by atoms with Gasteiger partial charge in [0, 0.05) is 10.7 Å². The molecule has 9 heteroatoms. The number of carboxylic acids is 1. The summed E-state index contributed by atoms with van der Waals surface area (Å²) in [5.41, 5.74) is 2.26. The van der Waals surface area contributed by atoms with Crippen LogP contribution in [0.1, 0.15) is 42.6 Å². The Balaban J connectivity index is 1.51. The normalized spacial score (nSPS) is 17.7. The van der Waals surface area contributed by atoms with Crippen LogP contribution in [0.3, 0.4) is 0 Å². The van der Waals surface area contributed by atoms with Crippen molar-refractivity contribution in [2.24, 2.45) is 0 Å². The van der Waals surface area contributed by atoms with Gasteiger partial charge in [0.25, 0.3) is 0 Å². The minimum absolute atomic E-state index is 0.183. The summed E-state index contributed by atoms with van der Waals surface area (Å²) in [5, 5.41) is 10.0. The number of anilines is 1. The van der Waals surface area contributed by atoms with Gasteiger partial charge in [0.2, 0.25) is 0 Å². The van der Waals surface area contributed by atoms with E-state index in [0.717, 1.165) is 5.56 Å². The first-order valence-electron chi connectivity index (χ1n) is 12.0. The van der Waals surface area contributed by atoms with Crippen molar-refractivity contribution in [3.8, 4) is 5.69 Å². The molecular weight excluding hydrogens is 494 g/mol. The quantitative estimate of drug-likeness (QED) is 0.381. The summed E-state index contributed by atoms with van der Waals surface area (Å²) >= 11 is 6.35. The summed E-state index contributed by atoms with van der Waals surface area (Å²) in [7, 11) is 0. The molecule has 2 heterocycles. The second kappa shape index (κ2) is 7.98. The lowest BCUT2D eigenvalue weighted by atomic mass is 10.0. The number of amides is 1. The highest BCUT2D eigenvalue weighted by Crippen LogP contribution is 2.50. The second-order valence-corrected chi connectivity index (χ2v) is 10.7. The Hall–Kier alpha value is -4.04. The van der Waals surface area contributed by atoms with E-state index >= 15 is 0 Å². The third kappa shape index (κ3) is 3.54. The summed E-state index contributed by atoms with van der Waals surface area (Å²) < 4.78 is 8.60. The molecule has 4 aromatic rings. The number of nitrogens with zero attached hydrogens (tertiary/aromatic N) is 3. The maximum atomic E-state index is 14.1. The lowest BCUT2D eigenvalue weighted by molar-refractivity contribution is 0.0696. The van der Waals surface area contributed by atoms with Gasteiger partial charge in [0.15, 0.2) is 0 Å². The molecule has 6 rings (SSSR count). The van der Waals surface area contributed by atoms with Gasteiger partial charge in [0.1, 0.15) is 6.61 Å².